The fraction of sp³-hybridized carbons (Fsp3) is 0.240. The number of fused-ring (bicyclic) bond motifs is 3. The van der Waals surface area contributed by atoms with Crippen LogP contribution in [-0.2, 0) is 0 Å². The summed E-state index contributed by atoms with van der Waals surface area (Å²) < 4.78 is 13.6. The van der Waals surface area contributed by atoms with Crippen molar-refractivity contribution >= 4 is 40.7 Å². The second-order valence-electron chi connectivity index (χ2n) is 8.48. The van der Waals surface area contributed by atoms with Gasteiger partial charge in [0.15, 0.2) is 0 Å². The lowest BCUT2D eigenvalue weighted by molar-refractivity contribution is -0.387. The van der Waals surface area contributed by atoms with Crippen molar-refractivity contribution in [3.8, 4) is 0 Å². The van der Waals surface area contributed by atoms with Crippen LogP contribution in [0.1, 0.15) is 39.9 Å². The van der Waals surface area contributed by atoms with Gasteiger partial charge in [-0.3, -0.25) is 10.1 Å². The van der Waals surface area contributed by atoms with E-state index >= 15 is 0 Å². The van der Waals surface area contributed by atoms with Gasteiger partial charge in [0.05, 0.1) is 27.2 Å². The number of nitrogens with one attached hydrogen (secondary N) is 1. The van der Waals surface area contributed by atoms with Gasteiger partial charge in [0, 0.05) is 28.5 Å². The van der Waals surface area contributed by atoms with Crippen LogP contribution in [0, 0.1) is 21.8 Å². The molecule has 1 saturated carbocycles. The average Bonchev–Trinajstić information content (AvgIpc) is 3.15. The fourth-order valence-electron chi connectivity index (χ4n) is 5.18. The normalized spacial score (nSPS) is 25.2. The molecule has 3 aromatic rings. The van der Waals surface area contributed by atoms with Gasteiger partial charge in [-0.15, -0.1) is 23.4 Å². The molecule has 0 saturated heterocycles. The number of thioether (sulfide) groups is 1. The van der Waals surface area contributed by atoms with Gasteiger partial charge in [-0.1, -0.05) is 42.5 Å². The maximum absolute atomic E-state index is 13.6. The van der Waals surface area contributed by atoms with E-state index in [1.807, 2.05) is 6.07 Å². The zero-order valence-electron chi connectivity index (χ0n) is 17.7. The Hall–Kier alpha value is -3.10. The van der Waals surface area contributed by atoms with Crippen LogP contribution in [0.5, 0.6) is 0 Å². The van der Waals surface area contributed by atoms with Crippen LogP contribution < -0.4 is 10.4 Å². The Labute approximate surface area is 204 Å². The first-order valence-electron chi connectivity index (χ1n) is 10.8. The van der Waals surface area contributed by atoms with Gasteiger partial charge in [-0.05, 0) is 41.7 Å². The third kappa shape index (κ3) is 3.91. The molecule has 1 N–H and O–H groups in total. The first kappa shape index (κ1) is 22.7. The summed E-state index contributed by atoms with van der Waals surface area (Å²) in [6.07, 6.45) is 0.638. The van der Waals surface area contributed by atoms with Gasteiger partial charge in [0.25, 0.3) is 5.69 Å². The van der Waals surface area contributed by atoms with Gasteiger partial charge in [-0.25, -0.2) is 4.39 Å². The summed E-state index contributed by atoms with van der Waals surface area (Å²) in [6.45, 7) is 0. The maximum Gasteiger partial charge on any atom is 0.282 e. The molecule has 0 radical (unpaired) electrons. The van der Waals surface area contributed by atoms with E-state index in [1.54, 1.807) is 36.4 Å². The van der Waals surface area contributed by atoms with E-state index < -0.39 is 16.3 Å². The molecule has 3 aromatic carbocycles. The minimum Gasteiger partial charge on any atom is -0.545 e. The van der Waals surface area contributed by atoms with Crippen molar-refractivity contribution in [2.45, 2.75) is 33.9 Å². The Morgan fingerprint density at radius 2 is 1.82 bits per heavy atom. The van der Waals surface area contributed by atoms with Gasteiger partial charge >= 0.3 is 0 Å². The number of benzene rings is 3. The van der Waals surface area contributed by atoms with Crippen molar-refractivity contribution < 1.29 is 19.2 Å². The third-order valence-corrected chi connectivity index (χ3v) is 8.75. The highest BCUT2D eigenvalue weighted by molar-refractivity contribution is 8.00. The van der Waals surface area contributed by atoms with Gasteiger partial charge < -0.3 is 15.2 Å². The van der Waals surface area contributed by atoms with Crippen LogP contribution in [0.3, 0.4) is 0 Å². The Kier molecular flexibility index (Phi) is 5.95. The predicted octanol–water partition coefficient (Wildman–Crippen LogP) is 5.14. The molecule has 174 valence electrons. The molecule has 1 heterocycles. The molecular formula is C25H19ClFN2O4S-. The summed E-state index contributed by atoms with van der Waals surface area (Å²) in [5.74, 6) is -1.89. The molecule has 1 aliphatic heterocycles. The number of alkyl halides is 1. The molecule has 5 rings (SSSR count). The summed E-state index contributed by atoms with van der Waals surface area (Å²) in [5, 5.41) is 26.2. The van der Waals surface area contributed by atoms with Crippen LogP contribution in [0.4, 0.5) is 15.8 Å². The Bertz CT molecular complexity index is 1270. The molecule has 0 spiro atoms. The number of carbonyl (C=O) groups is 1. The zero-order valence-corrected chi connectivity index (χ0v) is 19.3. The van der Waals surface area contributed by atoms with E-state index in [2.05, 4.69) is 5.32 Å². The Morgan fingerprint density at radius 3 is 2.53 bits per heavy atom. The number of hydrogen-bond donors (Lipinski definition) is 1. The number of halogens is 2. The lowest BCUT2D eigenvalue weighted by Gasteiger charge is -2.39. The molecule has 0 bridgehead atoms. The quantitative estimate of drug-likeness (QED) is 0.298. The van der Waals surface area contributed by atoms with E-state index in [1.165, 1.54) is 36.0 Å². The van der Waals surface area contributed by atoms with E-state index in [9.17, 15) is 24.4 Å². The monoisotopic (exact) mass is 497 g/mol. The minimum atomic E-state index is -1.30. The molecule has 0 unspecified atom stereocenters. The highest BCUT2D eigenvalue weighted by Gasteiger charge is 2.50. The zero-order chi connectivity index (χ0) is 24.0. The molecule has 2 aliphatic rings. The topological polar surface area (TPSA) is 95.3 Å². The predicted molar refractivity (Wildman–Crippen MR) is 127 cm³/mol. The number of aromatic carboxylic acids is 1. The van der Waals surface area contributed by atoms with Crippen molar-refractivity contribution in [1.29, 1.82) is 0 Å². The summed E-state index contributed by atoms with van der Waals surface area (Å²) in [7, 11) is 0. The summed E-state index contributed by atoms with van der Waals surface area (Å²) in [4.78, 5) is 23.5. The lowest BCUT2D eigenvalue weighted by Crippen LogP contribution is -2.33. The second-order valence-corrected chi connectivity index (χ2v) is 10.3. The van der Waals surface area contributed by atoms with Crippen molar-refractivity contribution in [3.05, 3.63) is 99.4 Å². The number of anilines is 1. The number of rotatable bonds is 5. The van der Waals surface area contributed by atoms with Crippen LogP contribution in [0.2, 0.25) is 0 Å². The molecule has 5 atom stereocenters. The molecule has 34 heavy (non-hydrogen) atoms. The van der Waals surface area contributed by atoms with Crippen molar-refractivity contribution in [1.82, 2.24) is 0 Å². The number of nitro benzene ring substituents is 1. The molecule has 9 heteroatoms. The molecule has 1 aliphatic carbocycles. The standard InChI is InChI=1S/C25H20ClFN2O4S/c26-22-20(34-19-7-2-1-6-18(19)29(32)33)12-17-21(22)15-4-3-5-16(25(30)31)24(15)28-23(17)13-8-10-14(27)11-9-13/h1-11,17,20-23,28H,12H2,(H,30,31)/p-1/t17-,20+,21-,22+,23-/m0/s1. The number of para-hydroxylation sites is 2. The minimum absolute atomic E-state index is 0.0269. The number of nitro groups is 1. The summed E-state index contributed by atoms with van der Waals surface area (Å²) in [6, 6.07) is 17.4. The Morgan fingerprint density at radius 1 is 1.09 bits per heavy atom. The van der Waals surface area contributed by atoms with Crippen molar-refractivity contribution in [2.75, 3.05) is 5.32 Å². The number of carboxylic acid groups (broad SMARTS) is 1. The summed E-state index contributed by atoms with van der Waals surface area (Å²) in [5.41, 5.74) is 2.13. The fourth-order valence-corrected chi connectivity index (χ4v) is 7.13. The second kappa shape index (κ2) is 8.92. The van der Waals surface area contributed by atoms with E-state index in [-0.39, 0.29) is 40.2 Å². The van der Waals surface area contributed by atoms with Crippen LogP contribution >= 0.6 is 23.4 Å². The lowest BCUT2D eigenvalue weighted by atomic mass is 9.76. The molecule has 0 aromatic heterocycles. The largest absolute Gasteiger partial charge is 0.545 e. The first-order chi connectivity index (χ1) is 16.3. The first-order valence-corrected chi connectivity index (χ1v) is 12.1. The van der Waals surface area contributed by atoms with Crippen LogP contribution in [0.25, 0.3) is 0 Å². The number of hydrogen-bond acceptors (Lipinski definition) is 6. The van der Waals surface area contributed by atoms with E-state index in [0.717, 1.165) is 11.1 Å². The van der Waals surface area contributed by atoms with Gasteiger partial charge in [-0.2, -0.15) is 0 Å². The van der Waals surface area contributed by atoms with Crippen LogP contribution in [-0.4, -0.2) is 21.5 Å². The SMILES string of the molecule is O=C([O-])c1cccc2c1N[C@@H](c1ccc(F)cc1)[C@H]1C[C@@H](Sc3ccccc3[N+](=O)[O-])[C@@H](Cl)[C@@H]21. The average molecular weight is 498 g/mol. The molecular weight excluding hydrogens is 479 g/mol. The highest BCUT2D eigenvalue weighted by Crippen LogP contribution is 2.58. The van der Waals surface area contributed by atoms with Gasteiger partial charge in [0.1, 0.15) is 5.82 Å². The molecule has 1 fully saturated rings. The highest BCUT2D eigenvalue weighted by atomic mass is 35.5. The molecule has 6 nitrogen and oxygen atoms in total. The van der Waals surface area contributed by atoms with Crippen molar-refractivity contribution in [3.63, 3.8) is 0 Å². The van der Waals surface area contributed by atoms with Gasteiger partial charge in [0.2, 0.25) is 0 Å². The van der Waals surface area contributed by atoms with E-state index in [4.69, 9.17) is 11.6 Å². The van der Waals surface area contributed by atoms with Crippen LogP contribution in [0.15, 0.2) is 71.6 Å². The smallest absolute Gasteiger partial charge is 0.282 e. The number of nitrogens with zero attached hydrogens (tertiary/aromatic N) is 1. The van der Waals surface area contributed by atoms with E-state index in [0.29, 0.717) is 17.0 Å². The number of carboxylic acids is 1. The maximum atomic E-state index is 13.6. The van der Waals surface area contributed by atoms with Crippen molar-refractivity contribution in [2.24, 2.45) is 5.92 Å². The number of carbonyl (C=O) groups excluding carboxylic acids is 1. The third-order valence-electron chi connectivity index (χ3n) is 6.64. The summed E-state index contributed by atoms with van der Waals surface area (Å²) >= 11 is 8.40. The Balaban J connectivity index is 1.57. The molecule has 0 amide bonds.